The third kappa shape index (κ3) is 5.02. The number of hydrogen-bond acceptors (Lipinski definition) is 3. The topological polar surface area (TPSA) is 58.6 Å². The lowest BCUT2D eigenvalue weighted by Crippen LogP contribution is -2.41. The van der Waals surface area contributed by atoms with Crippen molar-refractivity contribution in [3.63, 3.8) is 0 Å². The van der Waals surface area contributed by atoms with E-state index in [-0.39, 0.29) is 11.8 Å². The largest absolute Gasteiger partial charge is 0.493 e. The van der Waals surface area contributed by atoms with Crippen LogP contribution in [0.1, 0.15) is 57.5 Å². The van der Waals surface area contributed by atoms with E-state index in [1.54, 1.807) is 0 Å². The second-order valence-corrected chi connectivity index (χ2v) is 8.66. The van der Waals surface area contributed by atoms with Crippen molar-refractivity contribution in [1.82, 2.24) is 10.2 Å². The highest BCUT2D eigenvalue weighted by Gasteiger charge is 2.26. The molecule has 1 aliphatic carbocycles. The molecule has 5 nitrogen and oxygen atoms in total. The Morgan fingerprint density at radius 3 is 2.53 bits per heavy atom. The van der Waals surface area contributed by atoms with Crippen molar-refractivity contribution in [1.29, 1.82) is 0 Å². The molecule has 1 heterocycles. The molecular weight excluding hydrogens is 376 g/mol. The number of aryl methyl sites for hydroxylation is 2. The van der Waals surface area contributed by atoms with Crippen LogP contribution in [0.3, 0.4) is 0 Å². The molecule has 1 N–H and O–H groups in total. The predicted molar refractivity (Wildman–Crippen MR) is 117 cm³/mol. The van der Waals surface area contributed by atoms with Crippen LogP contribution in [0.2, 0.25) is 0 Å². The van der Waals surface area contributed by atoms with Gasteiger partial charge in [-0.05, 0) is 75.4 Å². The average molecular weight is 407 g/mol. The van der Waals surface area contributed by atoms with E-state index >= 15 is 0 Å². The normalized spacial score (nSPS) is 18.7. The lowest BCUT2D eigenvalue weighted by molar-refractivity contribution is 0.0632. The molecule has 1 atom stereocenters. The van der Waals surface area contributed by atoms with Crippen molar-refractivity contribution in [2.75, 3.05) is 19.7 Å². The number of amides is 2. The minimum absolute atomic E-state index is 0.0168. The molecule has 2 amide bonds. The Labute approximate surface area is 178 Å². The van der Waals surface area contributed by atoms with Crippen molar-refractivity contribution in [3.05, 3.63) is 64.7 Å². The number of nitrogens with one attached hydrogen (secondary N) is 1. The number of piperidine rings is 1. The lowest BCUT2D eigenvalue weighted by Gasteiger charge is -2.33. The molecule has 2 aliphatic rings. The second-order valence-electron chi connectivity index (χ2n) is 8.66. The van der Waals surface area contributed by atoms with Gasteiger partial charge < -0.3 is 15.0 Å². The van der Waals surface area contributed by atoms with Crippen molar-refractivity contribution < 1.29 is 14.3 Å². The fourth-order valence-corrected chi connectivity index (χ4v) is 4.02. The van der Waals surface area contributed by atoms with Crippen LogP contribution in [0.5, 0.6) is 5.75 Å². The summed E-state index contributed by atoms with van der Waals surface area (Å²) in [5, 5.41) is 2.99. The summed E-state index contributed by atoms with van der Waals surface area (Å²) in [6.45, 7) is 6.13. The van der Waals surface area contributed by atoms with E-state index in [0.29, 0.717) is 30.7 Å². The molecule has 0 spiro atoms. The summed E-state index contributed by atoms with van der Waals surface area (Å²) in [7, 11) is 0. The Morgan fingerprint density at radius 1 is 1.07 bits per heavy atom. The molecule has 30 heavy (non-hydrogen) atoms. The summed E-state index contributed by atoms with van der Waals surface area (Å²) >= 11 is 0. The number of benzene rings is 2. The van der Waals surface area contributed by atoms with Gasteiger partial charge in [-0.15, -0.1) is 0 Å². The van der Waals surface area contributed by atoms with Gasteiger partial charge in [0.1, 0.15) is 5.75 Å². The van der Waals surface area contributed by atoms with Gasteiger partial charge in [-0.25, -0.2) is 0 Å². The van der Waals surface area contributed by atoms with Crippen LogP contribution in [0, 0.1) is 19.8 Å². The van der Waals surface area contributed by atoms with Crippen LogP contribution >= 0.6 is 0 Å². The summed E-state index contributed by atoms with van der Waals surface area (Å²) in [5.41, 5.74) is 3.66. The standard InChI is InChI=1S/C25H30N2O3/c1-17-5-12-23(18(2)14-17)25(29)27-13-3-4-19(15-27)16-30-22-10-6-20(7-11-22)24(28)26-21-8-9-21/h5-7,10-12,14,19,21H,3-4,8-9,13,15-16H2,1-2H3,(H,26,28)/t19-/m1/s1. The molecule has 2 aromatic carbocycles. The van der Waals surface area contributed by atoms with E-state index < -0.39 is 0 Å². The van der Waals surface area contributed by atoms with Crippen LogP contribution in [0.25, 0.3) is 0 Å². The summed E-state index contributed by atoms with van der Waals surface area (Å²) < 4.78 is 5.98. The monoisotopic (exact) mass is 406 g/mol. The average Bonchev–Trinajstić information content (AvgIpc) is 3.56. The molecule has 1 saturated carbocycles. The third-order valence-corrected chi connectivity index (χ3v) is 5.93. The van der Waals surface area contributed by atoms with Gasteiger partial charge in [-0.2, -0.15) is 0 Å². The zero-order valence-electron chi connectivity index (χ0n) is 17.8. The number of carbonyl (C=O) groups excluding carboxylic acids is 2. The minimum Gasteiger partial charge on any atom is -0.493 e. The van der Waals surface area contributed by atoms with Gasteiger partial charge in [0.15, 0.2) is 0 Å². The Hall–Kier alpha value is -2.82. The van der Waals surface area contributed by atoms with E-state index in [4.69, 9.17) is 4.74 Å². The van der Waals surface area contributed by atoms with Gasteiger partial charge in [-0.1, -0.05) is 17.7 Å². The maximum Gasteiger partial charge on any atom is 0.254 e. The zero-order valence-corrected chi connectivity index (χ0v) is 17.8. The van der Waals surface area contributed by atoms with Gasteiger partial charge >= 0.3 is 0 Å². The van der Waals surface area contributed by atoms with E-state index in [0.717, 1.165) is 49.1 Å². The minimum atomic E-state index is -0.0168. The molecular formula is C25H30N2O3. The lowest BCUT2D eigenvalue weighted by atomic mass is 9.97. The molecule has 0 aromatic heterocycles. The van der Waals surface area contributed by atoms with Crippen LogP contribution in [-0.2, 0) is 0 Å². The van der Waals surface area contributed by atoms with Gasteiger partial charge in [0, 0.05) is 36.2 Å². The molecule has 2 aromatic rings. The number of rotatable bonds is 6. The maximum atomic E-state index is 13.0. The Bertz CT molecular complexity index is 918. The molecule has 1 aliphatic heterocycles. The second kappa shape index (κ2) is 8.90. The Morgan fingerprint density at radius 2 is 1.83 bits per heavy atom. The van der Waals surface area contributed by atoms with E-state index in [2.05, 4.69) is 11.4 Å². The number of ether oxygens (including phenoxy) is 1. The highest BCUT2D eigenvalue weighted by molar-refractivity contribution is 5.96. The zero-order chi connectivity index (χ0) is 21.1. The number of hydrogen-bond donors (Lipinski definition) is 1. The highest BCUT2D eigenvalue weighted by atomic mass is 16.5. The van der Waals surface area contributed by atoms with Crippen LogP contribution in [-0.4, -0.2) is 42.5 Å². The molecule has 1 saturated heterocycles. The first-order chi connectivity index (χ1) is 14.5. The fourth-order valence-electron chi connectivity index (χ4n) is 4.02. The predicted octanol–water partition coefficient (Wildman–Crippen LogP) is 4.13. The van der Waals surface area contributed by atoms with Crippen molar-refractivity contribution >= 4 is 11.8 Å². The van der Waals surface area contributed by atoms with Crippen molar-refractivity contribution in [2.45, 2.75) is 45.6 Å². The molecule has 0 radical (unpaired) electrons. The van der Waals surface area contributed by atoms with E-state index in [1.807, 2.05) is 55.1 Å². The first-order valence-corrected chi connectivity index (χ1v) is 10.9. The Balaban J connectivity index is 1.30. The first kappa shape index (κ1) is 20.5. The molecule has 0 unspecified atom stereocenters. The number of likely N-dealkylation sites (tertiary alicyclic amines) is 1. The van der Waals surface area contributed by atoms with Gasteiger partial charge in [0.2, 0.25) is 0 Å². The van der Waals surface area contributed by atoms with Crippen LogP contribution in [0.4, 0.5) is 0 Å². The molecule has 2 fully saturated rings. The van der Waals surface area contributed by atoms with Gasteiger partial charge in [0.25, 0.3) is 11.8 Å². The molecule has 5 heteroatoms. The van der Waals surface area contributed by atoms with Crippen molar-refractivity contribution in [2.24, 2.45) is 5.92 Å². The third-order valence-electron chi connectivity index (χ3n) is 5.93. The fraction of sp³-hybridized carbons (Fsp3) is 0.440. The van der Waals surface area contributed by atoms with Crippen molar-refractivity contribution in [3.8, 4) is 5.75 Å². The number of nitrogens with zero attached hydrogens (tertiary/aromatic N) is 1. The highest BCUT2D eigenvalue weighted by Crippen LogP contribution is 2.23. The number of carbonyl (C=O) groups is 2. The van der Waals surface area contributed by atoms with Crippen LogP contribution in [0.15, 0.2) is 42.5 Å². The smallest absolute Gasteiger partial charge is 0.254 e. The quantitative estimate of drug-likeness (QED) is 0.785. The summed E-state index contributed by atoms with van der Waals surface area (Å²) in [5.74, 6) is 1.17. The van der Waals surface area contributed by atoms with Gasteiger partial charge in [-0.3, -0.25) is 9.59 Å². The van der Waals surface area contributed by atoms with E-state index in [1.165, 1.54) is 5.56 Å². The first-order valence-electron chi connectivity index (χ1n) is 10.9. The van der Waals surface area contributed by atoms with Crippen LogP contribution < -0.4 is 10.1 Å². The SMILES string of the molecule is Cc1ccc(C(=O)N2CCC[C@@H](COc3ccc(C(=O)NC4CC4)cc3)C2)c(C)c1. The summed E-state index contributed by atoms with van der Waals surface area (Å²) in [4.78, 5) is 27.0. The molecule has 4 rings (SSSR count). The Kier molecular flexibility index (Phi) is 6.07. The van der Waals surface area contributed by atoms with Gasteiger partial charge in [0.05, 0.1) is 6.61 Å². The summed E-state index contributed by atoms with van der Waals surface area (Å²) in [6, 6.07) is 13.7. The molecule has 0 bridgehead atoms. The maximum absolute atomic E-state index is 13.0. The molecule has 158 valence electrons. The van der Waals surface area contributed by atoms with E-state index in [9.17, 15) is 9.59 Å². The summed E-state index contributed by atoms with van der Waals surface area (Å²) in [6.07, 6.45) is 4.21.